The monoisotopic (exact) mass is 602 g/mol. The van der Waals surface area contributed by atoms with Crippen LogP contribution in [0.3, 0.4) is 0 Å². The molecule has 1 saturated heterocycles. The van der Waals surface area contributed by atoms with E-state index in [4.69, 9.17) is 14.2 Å². The number of carbonyl (C=O) groups is 2. The molecule has 9 heteroatoms. The van der Waals surface area contributed by atoms with E-state index in [-0.39, 0.29) is 24.2 Å². The van der Waals surface area contributed by atoms with E-state index in [9.17, 15) is 9.59 Å². The highest BCUT2D eigenvalue weighted by Gasteiger charge is 2.28. The molecule has 1 unspecified atom stereocenters. The topological polar surface area (TPSA) is 84.4 Å². The number of amides is 1. The molecule has 2 aliphatic heterocycles. The zero-order valence-electron chi connectivity index (χ0n) is 26.6. The maximum absolute atomic E-state index is 12.7. The molecule has 5 rings (SSSR count). The summed E-state index contributed by atoms with van der Waals surface area (Å²) in [6.07, 6.45) is 2.51. The minimum Gasteiger partial charge on any atom is -0.478 e. The van der Waals surface area contributed by atoms with E-state index >= 15 is 0 Å². The van der Waals surface area contributed by atoms with Gasteiger partial charge in [-0.25, -0.2) is 4.79 Å². The van der Waals surface area contributed by atoms with Crippen LogP contribution in [0.25, 0.3) is 10.8 Å². The summed E-state index contributed by atoms with van der Waals surface area (Å²) in [5, 5.41) is 2.61. The second-order valence-corrected chi connectivity index (χ2v) is 13.1. The van der Waals surface area contributed by atoms with Gasteiger partial charge in [0.15, 0.2) is 6.73 Å². The summed E-state index contributed by atoms with van der Waals surface area (Å²) in [4.78, 5) is 36.0. The lowest BCUT2D eigenvalue weighted by atomic mass is 9.90. The predicted molar refractivity (Wildman–Crippen MR) is 173 cm³/mol. The van der Waals surface area contributed by atoms with Crippen LogP contribution in [-0.2, 0) is 20.7 Å². The Kier molecular flexibility index (Phi) is 10.3. The Labute approximate surface area is 261 Å². The van der Waals surface area contributed by atoms with Crippen LogP contribution in [0.2, 0.25) is 0 Å². The van der Waals surface area contributed by atoms with Crippen LogP contribution in [-0.4, -0.2) is 74.1 Å². The van der Waals surface area contributed by atoms with E-state index in [1.165, 1.54) is 21.4 Å². The molecule has 44 heavy (non-hydrogen) atoms. The number of pyridine rings is 1. The number of hydrogen-bond acceptors (Lipinski definition) is 8. The number of piperazine rings is 1. The van der Waals surface area contributed by atoms with Crippen molar-refractivity contribution in [1.82, 2.24) is 9.88 Å². The van der Waals surface area contributed by atoms with Crippen molar-refractivity contribution in [2.45, 2.75) is 65.9 Å². The summed E-state index contributed by atoms with van der Waals surface area (Å²) in [7, 11) is 0. The zero-order chi connectivity index (χ0) is 31.1. The van der Waals surface area contributed by atoms with Gasteiger partial charge < -0.3 is 19.1 Å². The number of anilines is 2. The van der Waals surface area contributed by atoms with Crippen molar-refractivity contribution < 1.29 is 23.8 Å². The molecule has 0 N–H and O–H groups in total. The van der Waals surface area contributed by atoms with Gasteiger partial charge in [-0.3, -0.25) is 14.6 Å². The molecule has 0 bridgehead atoms. The van der Waals surface area contributed by atoms with Crippen molar-refractivity contribution in [3.8, 4) is 5.88 Å². The van der Waals surface area contributed by atoms with Crippen LogP contribution in [0.5, 0.6) is 5.88 Å². The van der Waals surface area contributed by atoms with Crippen molar-refractivity contribution in [3.63, 3.8) is 0 Å². The van der Waals surface area contributed by atoms with Crippen molar-refractivity contribution in [2.24, 2.45) is 5.41 Å². The van der Waals surface area contributed by atoms with Gasteiger partial charge in [0.25, 0.3) is 0 Å². The molecule has 1 aromatic heterocycles. The number of rotatable bonds is 11. The van der Waals surface area contributed by atoms with Crippen molar-refractivity contribution >= 4 is 34.3 Å². The number of aryl methyl sites for hydroxylation is 1. The minimum atomic E-state index is -0.788. The average molecular weight is 603 g/mol. The molecule has 1 amide bonds. The zero-order valence-corrected chi connectivity index (χ0v) is 26.6. The molecule has 0 aliphatic carbocycles. The fourth-order valence-electron chi connectivity index (χ4n) is 6.13. The number of fused-ring (bicyclic) bond motifs is 2. The Hall–Kier alpha value is -3.85. The number of aromatic nitrogens is 1. The van der Waals surface area contributed by atoms with Crippen LogP contribution in [0, 0.1) is 5.41 Å². The first kappa shape index (κ1) is 31.6. The smallest absolute Gasteiger partial charge is 0.478 e. The molecule has 1 atom stereocenters. The Morgan fingerprint density at radius 2 is 1.73 bits per heavy atom. The van der Waals surface area contributed by atoms with Crippen LogP contribution in [0.1, 0.15) is 58.9 Å². The van der Waals surface area contributed by atoms with Crippen LogP contribution in [0.4, 0.5) is 16.3 Å². The molecule has 0 spiro atoms. The van der Waals surface area contributed by atoms with E-state index in [1.807, 2.05) is 19.1 Å². The molecule has 3 aromatic rings. The second kappa shape index (κ2) is 14.3. The van der Waals surface area contributed by atoms with Crippen molar-refractivity contribution in [1.29, 1.82) is 0 Å². The minimum absolute atomic E-state index is 0.0237. The largest absolute Gasteiger partial charge is 0.510 e. The van der Waals surface area contributed by atoms with Gasteiger partial charge >= 0.3 is 6.16 Å². The highest BCUT2D eigenvalue weighted by Crippen LogP contribution is 2.29. The molecule has 2 aromatic carbocycles. The summed E-state index contributed by atoms with van der Waals surface area (Å²) in [5.41, 5.74) is 2.28. The number of carbonyl (C=O) groups excluding carboxylic acids is 2. The fourth-order valence-corrected chi connectivity index (χ4v) is 6.13. The molecule has 9 nitrogen and oxygen atoms in total. The third-order valence-corrected chi connectivity index (χ3v) is 8.20. The van der Waals surface area contributed by atoms with Gasteiger partial charge in [-0.2, -0.15) is 4.98 Å². The predicted octanol–water partition coefficient (Wildman–Crippen LogP) is 6.43. The Balaban J connectivity index is 1.05. The Morgan fingerprint density at radius 1 is 0.955 bits per heavy atom. The highest BCUT2D eigenvalue weighted by atomic mass is 16.7. The van der Waals surface area contributed by atoms with Crippen molar-refractivity contribution in [2.75, 3.05) is 55.9 Å². The third kappa shape index (κ3) is 8.40. The maximum atomic E-state index is 12.7. The van der Waals surface area contributed by atoms with E-state index < -0.39 is 6.16 Å². The van der Waals surface area contributed by atoms with E-state index in [1.54, 1.807) is 0 Å². The summed E-state index contributed by atoms with van der Waals surface area (Å²) in [6, 6.07) is 18.9. The third-order valence-electron chi connectivity index (χ3n) is 8.20. The Morgan fingerprint density at radius 3 is 2.52 bits per heavy atom. The van der Waals surface area contributed by atoms with E-state index in [0.29, 0.717) is 37.6 Å². The maximum Gasteiger partial charge on any atom is 0.510 e. The summed E-state index contributed by atoms with van der Waals surface area (Å²) in [5.74, 6) is 0.810. The SMILES string of the molecule is CC(CC(C)(C)C)OC(=O)OCN1C(=O)CCc2ccc(OCCCCN3CCN(c4cccc5ccccc45)CC3)nc21. The standard InChI is InChI=1S/C35H46N4O5/c1-26(24-35(2,3)4)44-34(41)43-25-39-32(40)17-15-28-14-16-31(36-33(28)39)42-23-8-7-18-37-19-21-38(22-20-37)30-13-9-11-27-10-5-6-12-29(27)30/h5-6,9-14,16,26H,7-8,15,17-25H2,1-4H3. The molecule has 0 radical (unpaired) electrons. The van der Waals surface area contributed by atoms with Gasteiger partial charge in [0.05, 0.1) is 6.61 Å². The molecule has 1 fully saturated rings. The molecule has 2 aliphatic rings. The lowest BCUT2D eigenvalue weighted by Crippen LogP contribution is -2.46. The summed E-state index contributed by atoms with van der Waals surface area (Å²) in [6.45, 7) is 13.6. The number of unbranched alkanes of at least 4 members (excludes halogenated alkanes) is 1. The van der Waals surface area contributed by atoms with E-state index in [2.05, 4.69) is 78.0 Å². The summed E-state index contributed by atoms with van der Waals surface area (Å²) < 4.78 is 16.7. The molecular formula is C35H46N4O5. The molecule has 0 saturated carbocycles. The van der Waals surface area contributed by atoms with Gasteiger partial charge in [-0.15, -0.1) is 0 Å². The van der Waals surface area contributed by atoms with Crippen LogP contribution < -0.4 is 14.5 Å². The van der Waals surface area contributed by atoms with Gasteiger partial charge in [0, 0.05) is 49.7 Å². The number of benzene rings is 2. The molecule has 236 valence electrons. The Bertz CT molecular complexity index is 1420. The molecular weight excluding hydrogens is 556 g/mol. The van der Waals surface area contributed by atoms with Crippen LogP contribution in [0.15, 0.2) is 54.6 Å². The van der Waals surface area contributed by atoms with Gasteiger partial charge in [0.2, 0.25) is 11.8 Å². The number of nitrogens with zero attached hydrogens (tertiary/aromatic N) is 4. The lowest BCUT2D eigenvalue weighted by molar-refractivity contribution is -0.119. The fraction of sp³-hybridized carbons (Fsp3) is 0.514. The van der Waals surface area contributed by atoms with Crippen molar-refractivity contribution in [3.05, 3.63) is 60.2 Å². The lowest BCUT2D eigenvalue weighted by Gasteiger charge is -2.36. The van der Waals surface area contributed by atoms with Gasteiger partial charge in [0.1, 0.15) is 11.9 Å². The highest BCUT2D eigenvalue weighted by molar-refractivity contribution is 5.95. The average Bonchev–Trinajstić information content (AvgIpc) is 2.99. The number of hydrogen-bond donors (Lipinski definition) is 0. The van der Waals surface area contributed by atoms with Gasteiger partial charge in [-0.1, -0.05) is 57.2 Å². The first-order chi connectivity index (χ1) is 21.2. The number of ether oxygens (including phenoxy) is 3. The first-order valence-electron chi connectivity index (χ1n) is 15.9. The second-order valence-electron chi connectivity index (χ2n) is 13.1. The molecule has 3 heterocycles. The quantitative estimate of drug-likeness (QED) is 0.183. The van der Waals surface area contributed by atoms with E-state index in [0.717, 1.165) is 51.1 Å². The summed E-state index contributed by atoms with van der Waals surface area (Å²) >= 11 is 0. The first-order valence-corrected chi connectivity index (χ1v) is 15.9. The normalized spacial score (nSPS) is 16.5. The van der Waals surface area contributed by atoms with Gasteiger partial charge in [-0.05, 0) is 67.6 Å². The van der Waals surface area contributed by atoms with Crippen LogP contribution >= 0.6 is 0 Å².